The molecule has 1 amide bonds. The van der Waals surface area contributed by atoms with Gasteiger partial charge in [0.15, 0.2) is 5.52 Å². The number of likely N-dealkylation sites (tertiary alicyclic amines) is 1. The summed E-state index contributed by atoms with van der Waals surface area (Å²) in [5.74, 6) is -1.44. The van der Waals surface area contributed by atoms with E-state index in [9.17, 15) is 14.4 Å². The zero-order chi connectivity index (χ0) is 23.2. The van der Waals surface area contributed by atoms with Crippen LogP contribution in [-0.4, -0.2) is 58.6 Å². The molecule has 0 bridgehead atoms. The third-order valence-electron chi connectivity index (χ3n) is 6.72. The van der Waals surface area contributed by atoms with E-state index in [1.165, 1.54) is 4.90 Å². The van der Waals surface area contributed by atoms with Gasteiger partial charge in [-0.2, -0.15) is 0 Å². The monoisotopic (exact) mass is 456 g/mol. The lowest BCUT2D eigenvalue weighted by Gasteiger charge is -2.34. The Morgan fingerprint density at radius 1 is 1.06 bits per heavy atom. The first kappa shape index (κ1) is 23.2. The predicted octanol–water partition coefficient (Wildman–Crippen LogP) is 3.41. The maximum Gasteiger partial charge on any atom is 0.328 e. The molecule has 1 unspecified atom stereocenters. The van der Waals surface area contributed by atoms with Gasteiger partial charge >= 0.3 is 5.97 Å². The Labute approximate surface area is 193 Å². The highest BCUT2D eigenvalue weighted by atomic mass is 16.6. The molecule has 33 heavy (non-hydrogen) atoms. The van der Waals surface area contributed by atoms with Crippen molar-refractivity contribution in [2.75, 3.05) is 25.0 Å². The van der Waals surface area contributed by atoms with Gasteiger partial charge in [-0.3, -0.25) is 9.59 Å². The van der Waals surface area contributed by atoms with Crippen molar-refractivity contribution in [2.45, 2.75) is 70.8 Å². The maximum absolute atomic E-state index is 12.9. The molecular weight excluding hydrogens is 424 g/mol. The van der Waals surface area contributed by atoms with Gasteiger partial charge < -0.3 is 15.0 Å². The number of nitrogens with zero attached hydrogens (tertiary/aromatic N) is 3. The van der Waals surface area contributed by atoms with Crippen molar-refractivity contribution < 1.29 is 23.7 Å². The minimum atomic E-state index is -0.662. The van der Waals surface area contributed by atoms with E-state index in [4.69, 9.17) is 9.37 Å². The van der Waals surface area contributed by atoms with Gasteiger partial charge in [0, 0.05) is 19.0 Å². The molecule has 1 aliphatic heterocycles. The number of rotatable bonds is 8. The van der Waals surface area contributed by atoms with Crippen molar-refractivity contribution >= 4 is 34.4 Å². The quantitative estimate of drug-likeness (QED) is 0.365. The summed E-state index contributed by atoms with van der Waals surface area (Å²) >= 11 is 0. The first-order chi connectivity index (χ1) is 16.1. The highest BCUT2D eigenvalue weighted by Gasteiger charge is 2.38. The van der Waals surface area contributed by atoms with Gasteiger partial charge in [-0.1, -0.05) is 25.3 Å². The zero-order valence-corrected chi connectivity index (χ0v) is 19.2. The minimum Gasteiger partial charge on any atom is -0.464 e. The Morgan fingerprint density at radius 3 is 2.64 bits per heavy atom. The van der Waals surface area contributed by atoms with Crippen LogP contribution in [0.25, 0.3) is 11.0 Å². The molecule has 1 aliphatic carbocycles. The predicted molar refractivity (Wildman–Crippen MR) is 122 cm³/mol. The molecule has 2 aromatic rings. The molecule has 178 valence electrons. The first-order valence-corrected chi connectivity index (χ1v) is 12.0. The Morgan fingerprint density at radius 2 is 1.82 bits per heavy atom. The molecule has 2 heterocycles. The van der Waals surface area contributed by atoms with E-state index in [0.717, 1.165) is 61.7 Å². The fraction of sp³-hybridized carbons (Fsp3) is 0.625. The summed E-state index contributed by atoms with van der Waals surface area (Å²) in [6.07, 6.45) is 7.44. The highest BCUT2D eigenvalue weighted by Crippen LogP contribution is 2.27. The lowest BCUT2D eigenvalue weighted by Crippen LogP contribution is -2.52. The van der Waals surface area contributed by atoms with E-state index in [0.29, 0.717) is 31.4 Å². The van der Waals surface area contributed by atoms with Crippen LogP contribution >= 0.6 is 0 Å². The smallest absolute Gasteiger partial charge is 0.328 e. The number of aryl methyl sites for hydroxylation is 1. The van der Waals surface area contributed by atoms with Crippen LogP contribution in [0.1, 0.15) is 63.4 Å². The number of fused-ring (bicyclic) bond motifs is 1. The number of anilines is 1. The molecule has 1 saturated heterocycles. The summed E-state index contributed by atoms with van der Waals surface area (Å²) in [6, 6.07) is 3.20. The van der Waals surface area contributed by atoms with Gasteiger partial charge in [-0.15, -0.1) is 0 Å². The average molecular weight is 457 g/mol. The van der Waals surface area contributed by atoms with Crippen molar-refractivity contribution in [3.8, 4) is 0 Å². The van der Waals surface area contributed by atoms with Gasteiger partial charge in [0.1, 0.15) is 11.6 Å². The molecule has 2 aliphatic rings. The molecule has 9 nitrogen and oxygen atoms in total. The fourth-order valence-electron chi connectivity index (χ4n) is 4.80. The number of carbonyl (C=O) groups is 3. The highest BCUT2D eigenvalue weighted by molar-refractivity contribution is 6.37. The van der Waals surface area contributed by atoms with Crippen LogP contribution in [0.15, 0.2) is 16.8 Å². The number of benzene rings is 1. The SMILES string of the molecule is Cc1ccc(NCCCOC(=O)C2CCCCN2C(=O)C(=O)C2CCCCC2)c2nonc12. The number of nitrogens with one attached hydrogen (secondary N) is 1. The number of ether oxygens (including phenoxy) is 1. The lowest BCUT2D eigenvalue weighted by molar-refractivity contribution is -0.160. The van der Waals surface area contributed by atoms with Crippen LogP contribution in [0.4, 0.5) is 5.69 Å². The van der Waals surface area contributed by atoms with Crippen LogP contribution in [0.5, 0.6) is 0 Å². The summed E-state index contributed by atoms with van der Waals surface area (Å²) in [5.41, 5.74) is 3.19. The molecule has 1 N–H and O–H groups in total. The number of aromatic nitrogens is 2. The number of hydrogen-bond donors (Lipinski definition) is 1. The first-order valence-electron chi connectivity index (χ1n) is 12.0. The van der Waals surface area contributed by atoms with Gasteiger partial charge in [-0.25, -0.2) is 9.42 Å². The van der Waals surface area contributed by atoms with Gasteiger partial charge in [0.05, 0.1) is 12.3 Å². The Kier molecular flexibility index (Phi) is 7.57. The number of esters is 1. The summed E-state index contributed by atoms with van der Waals surface area (Å²) in [4.78, 5) is 39.8. The summed E-state index contributed by atoms with van der Waals surface area (Å²) in [6.45, 7) is 3.18. The van der Waals surface area contributed by atoms with Gasteiger partial charge in [0.2, 0.25) is 5.78 Å². The maximum atomic E-state index is 12.9. The number of ketones is 1. The Balaban J connectivity index is 1.26. The van der Waals surface area contributed by atoms with E-state index in [-0.39, 0.29) is 18.3 Å². The van der Waals surface area contributed by atoms with E-state index < -0.39 is 17.9 Å². The summed E-state index contributed by atoms with van der Waals surface area (Å²) in [5, 5.41) is 11.1. The van der Waals surface area contributed by atoms with Crippen molar-refractivity contribution in [1.29, 1.82) is 0 Å². The average Bonchev–Trinajstić information content (AvgIpc) is 3.36. The van der Waals surface area contributed by atoms with E-state index in [1.54, 1.807) is 0 Å². The molecule has 1 atom stereocenters. The second-order valence-electron chi connectivity index (χ2n) is 9.05. The molecular formula is C24H32N4O5. The number of hydrogen-bond acceptors (Lipinski definition) is 8. The van der Waals surface area contributed by atoms with Crippen LogP contribution in [0.3, 0.4) is 0 Å². The third kappa shape index (κ3) is 5.34. The molecule has 4 rings (SSSR count). The Bertz CT molecular complexity index is 998. The Hall–Kier alpha value is -2.97. The fourth-order valence-corrected chi connectivity index (χ4v) is 4.80. The van der Waals surface area contributed by atoms with Crippen LogP contribution in [0, 0.1) is 12.8 Å². The third-order valence-corrected chi connectivity index (χ3v) is 6.72. The van der Waals surface area contributed by atoms with Crippen LogP contribution in [0.2, 0.25) is 0 Å². The minimum absolute atomic E-state index is 0.191. The molecule has 1 saturated carbocycles. The van der Waals surface area contributed by atoms with E-state index in [2.05, 4.69) is 15.6 Å². The van der Waals surface area contributed by atoms with Crippen molar-refractivity contribution in [3.05, 3.63) is 17.7 Å². The lowest BCUT2D eigenvalue weighted by atomic mass is 9.85. The van der Waals surface area contributed by atoms with Crippen molar-refractivity contribution in [3.63, 3.8) is 0 Å². The van der Waals surface area contributed by atoms with Crippen molar-refractivity contribution in [2.24, 2.45) is 5.92 Å². The second kappa shape index (κ2) is 10.8. The van der Waals surface area contributed by atoms with Gasteiger partial charge in [-0.05, 0) is 67.4 Å². The molecule has 9 heteroatoms. The number of amides is 1. The number of Topliss-reactive ketones (excluding diaryl/α,β-unsaturated/α-hetero) is 1. The molecule has 2 fully saturated rings. The normalized spacial score (nSPS) is 19.4. The van der Waals surface area contributed by atoms with E-state index >= 15 is 0 Å². The second-order valence-corrected chi connectivity index (χ2v) is 9.05. The topological polar surface area (TPSA) is 115 Å². The molecule has 1 aromatic carbocycles. The number of carbonyl (C=O) groups excluding carboxylic acids is 3. The van der Waals surface area contributed by atoms with Gasteiger partial charge in [0.25, 0.3) is 5.91 Å². The van der Waals surface area contributed by atoms with Crippen molar-refractivity contribution in [1.82, 2.24) is 15.2 Å². The largest absolute Gasteiger partial charge is 0.464 e. The molecule has 1 aromatic heterocycles. The number of piperidine rings is 1. The van der Waals surface area contributed by atoms with Crippen LogP contribution in [-0.2, 0) is 19.1 Å². The van der Waals surface area contributed by atoms with Crippen LogP contribution < -0.4 is 5.32 Å². The molecule has 0 spiro atoms. The van der Waals surface area contributed by atoms with E-state index in [1.807, 2.05) is 19.1 Å². The standard InChI is InChI=1S/C24H32N4O5/c1-16-11-12-18(21-20(16)26-33-27-21)25-13-7-15-32-24(31)19-10-5-6-14-28(19)23(30)22(29)17-8-3-2-4-9-17/h11-12,17,19,25H,2-10,13-15H2,1H3. The summed E-state index contributed by atoms with van der Waals surface area (Å²) in [7, 11) is 0. The zero-order valence-electron chi connectivity index (χ0n) is 19.2. The molecule has 0 radical (unpaired) electrons. The summed E-state index contributed by atoms with van der Waals surface area (Å²) < 4.78 is 10.3.